The number of benzene rings is 2. The summed E-state index contributed by atoms with van der Waals surface area (Å²) in [5.41, 5.74) is 3.33. The van der Waals surface area contributed by atoms with E-state index in [1.54, 1.807) is 11.8 Å². The molecular weight excluding hydrogens is 498 g/mol. The summed E-state index contributed by atoms with van der Waals surface area (Å²) in [6.45, 7) is 9.22. The van der Waals surface area contributed by atoms with Crippen molar-refractivity contribution in [3.05, 3.63) is 84.6 Å². The number of ether oxygens (including phenoxy) is 1. The van der Waals surface area contributed by atoms with Gasteiger partial charge in [-0.1, -0.05) is 55.5 Å². The van der Waals surface area contributed by atoms with E-state index in [1.807, 2.05) is 49.5 Å². The molecule has 0 bridgehead atoms. The summed E-state index contributed by atoms with van der Waals surface area (Å²) >= 11 is 0. The molecular formula is C34H47N3O3+2. The Balaban J connectivity index is 1.57. The Labute approximate surface area is 240 Å². The SMILES string of the molecule is CCOC(=O)CCC[N+](C)(C)CCCC[N+]1=CCC(C)(C=CC=CN(C(C)=O)c2ccccc2)c2ccccc21. The van der Waals surface area contributed by atoms with Crippen molar-refractivity contribution in [3.63, 3.8) is 0 Å². The normalized spacial score (nSPS) is 17.1. The third-order valence-electron chi connectivity index (χ3n) is 7.61. The highest BCUT2D eigenvalue weighted by atomic mass is 16.5. The molecule has 0 saturated carbocycles. The molecule has 3 rings (SSSR count). The van der Waals surface area contributed by atoms with Crippen LogP contribution in [0.3, 0.4) is 0 Å². The average molecular weight is 546 g/mol. The fourth-order valence-electron chi connectivity index (χ4n) is 5.27. The molecule has 2 aromatic rings. The third kappa shape index (κ3) is 9.02. The summed E-state index contributed by atoms with van der Waals surface area (Å²) in [6, 6.07) is 18.4. The number of fused-ring (bicyclic) bond motifs is 1. The number of hydrogen-bond acceptors (Lipinski definition) is 3. The monoisotopic (exact) mass is 545 g/mol. The van der Waals surface area contributed by atoms with Crippen molar-refractivity contribution in [2.75, 3.05) is 45.2 Å². The topological polar surface area (TPSA) is 49.6 Å². The molecule has 214 valence electrons. The maximum atomic E-state index is 12.2. The van der Waals surface area contributed by atoms with Crippen LogP contribution >= 0.6 is 0 Å². The van der Waals surface area contributed by atoms with E-state index in [4.69, 9.17) is 4.74 Å². The molecule has 0 radical (unpaired) electrons. The lowest BCUT2D eigenvalue weighted by molar-refractivity contribution is -0.890. The Morgan fingerprint density at radius 1 is 1.00 bits per heavy atom. The minimum atomic E-state index is -0.122. The van der Waals surface area contributed by atoms with E-state index < -0.39 is 0 Å². The minimum Gasteiger partial charge on any atom is -0.466 e. The smallest absolute Gasteiger partial charge is 0.305 e. The van der Waals surface area contributed by atoms with E-state index in [-0.39, 0.29) is 17.3 Å². The summed E-state index contributed by atoms with van der Waals surface area (Å²) in [4.78, 5) is 25.5. The predicted molar refractivity (Wildman–Crippen MR) is 164 cm³/mol. The van der Waals surface area contributed by atoms with Crippen LogP contribution < -0.4 is 4.90 Å². The first-order chi connectivity index (χ1) is 19.1. The largest absolute Gasteiger partial charge is 0.466 e. The molecule has 1 unspecified atom stereocenters. The van der Waals surface area contributed by atoms with Gasteiger partial charge in [-0.3, -0.25) is 14.5 Å². The number of nitrogens with zero attached hydrogens (tertiary/aromatic N) is 3. The zero-order valence-electron chi connectivity index (χ0n) is 25.0. The van der Waals surface area contributed by atoms with Crippen molar-refractivity contribution < 1.29 is 23.4 Å². The van der Waals surface area contributed by atoms with Crippen molar-refractivity contribution in [2.24, 2.45) is 0 Å². The minimum absolute atomic E-state index is 0.0205. The number of esters is 1. The van der Waals surface area contributed by atoms with Crippen LogP contribution in [-0.2, 0) is 19.7 Å². The number of anilines is 1. The molecule has 1 heterocycles. The number of para-hydroxylation sites is 2. The van der Waals surface area contributed by atoms with Crippen LogP contribution in [0.25, 0.3) is 0 Å². The van der Waals surface area contributed by atoms with Crippen LogP contribution in [0, 0.1) is 0 Å². The van der Waals surface area contributed by atoms with Gasteiger partial charge in [0.05, 0.1) is 40.2 Å². The summed E-state index contributed by atoms with van der Waals surface area (Å²) in [7, 11) is 4.49. The molecule has 1 atom stereocenters. The third-order valence-corrected chi connectivity index (χ3v) is 7.61. The van der Waals surface area contributed by atoms with E-state index in [2.05, 4.69) is 68.2 Å². The van der Waals surface area contributed by atoms with Crippen LogP contribution in [0.4, 0.5) is 11.4 Å². The summed E-state index contributed by atoms with van der Waals surface area (Å²) in [6.07, 6.45) is 14.9. The molecule has 1 aliphatic heterocycles. The molecule has 0 aliphatic carbocycles. The number of hydrogen-bond donors (Lipinski definition) is 0. The van der Waals surface area contributed by atoms with E-state index in [0.29, 0.717) is 13.0 Å². The highest BCUT2D eigenvalue weighted by Gasteiger charge is 2.34. The number of amides is 1. The molecule has 0 fully saturated rings. The van der Waals surface area contributed by atoms with Gasteiger partial charge in [-0.15, -0.1) is 0 Å². The lowest BCUT2D eigenvalue weighted by atomic mass is 9.77. The number of unbranched alkanes of at least 4 members (excludes halogenated alkanes) is 1. The van der Waals surface area contributed by atoms with E-state index >= 15 is 0 Å². The Morgan fingerprint density at radius 3 is 2.42 bits per heavy atom. The first kappa shape index (κ1) is 31.0. The van der Waals surface area contributed by atoms with Gasteiger partial charge in [0.1, 0.15) is 12.8 Å². The highest BCUT2D eigenvalue weighted by Crippen LogP contribution is 2.38. The van der Waals surface area contributed by atoms with Crippen LogP contribution in [-0.4, -0.2) is 67.5 Å². The Hall–Kier alpha value is -3.51. The molecule has 1 amide bonds. The van der Waals surface area contributed by atoms with Gasteiger partial charge in [0.15, 0.2) is 0 Å². The standard InChI is InChI=1S/C34H47N3O3/c1-6-40-33(39)21-16-28-37(4,5)27-15-14-24-35-26-23-34(3,31-19-10-11-20-32(31)35)22-12-13-25-36(29(2)38)30-17-8-7-9-18-30/h7-13,17-20,22,25-26H,6,14-16,21,23-24,27-28H2,1-5H3/q+2. The van der Waals surface area contributed by atoms with Crippen molar-refractivity contribution in [2.45, 2.75) is 58.3 Å². The fourth-order valence-corrected chi connectivity index (χ4v) is 5.27. The van der Waals surface area contributed by atoms with Gasteiger partial charge in [-0.25, -0.2) is 4.58 Å². The van der Waals surface area contributed by atoms with Gasteiger partial charge in [0.2, 0.25) is 11.6 Å². The zero-order valence-corrected chi connectivity index (χ0v) is 25.0. The predicted octanol–water partition coefficient (Wildman–Crippen LogP) is 6.39. The molecule has 0 aromatic heterocycles. The van der Waals surface area contributed by atoms with Gasteiger partial charge in [0, 0.05) is 61.5 Å². The molecule has 0 spiro atoms. The molecule has 40 heavy (non-hydrogen) atoms. The second-order valence-corrected chi connectivity index (χ2v) is 11.4. The van der Waals surface area contributed by atoms with Crippen molar-refractivity contribution >= 4 is 29.5 Å². The quantitative estimate of drug-likeness (QED) is 0.0909. The van der Waals surface area contributed by atoms with E-state index in [0.717, 1.165) is 55.5 Å². The average Bonchev–Trinajstić information content (AvgIpc) is 2.93. The maximum Gasteiger partial charge on any atom is 0.305 e. The zero-order chi connectivity index (χ0) is 29.0. The Morgan fingerprint density at radius 2 is 1.70 bits per heavy atom. The number of allylic oxidation sites excluding steroid dienone is 3. The molecule has 6 nitrogen and oxygen atoms in total. The molecule has 0 saturated heterocycles. The molecule has 0 N–H and O–H groups in total. The van der Waals surface area contributed by atoms with Crippen LogP contribution in [0.5, 0.6) is 0 Å². The number of carbonyl (C=O) groups is 2. The van der Waals surface area contributed by atoms with Crippen LogP contribution in [0.15, 0.2) is 79.0 Å². The van der Waals surface area contributed by atoms with Gasteiger partial charge >= 0.3 is 5.97 Å². The molecule has 1 aliphatic rings. The first-order valence-electron chi connectivity index (χ1n) is 14.5. The second-order valence-electron chi connectivity index (χ2n) is 11.4. The number of carbonyl (C=O) groups excluding carboxylic acids is 2. The maximum absolute atomic E-state index is 12.2. The van der Waals surface area contributed by atoms with Gasteiger partial charge in [-0.2, -0.15) is 0 Å². The number of rotatable bonds is 14. The van der Waals surface area contributed by atoms with Gasteiger partial charge < -0.3 is 9.22 Å². The lowest BCUT2D eigenvalue weighted by Crippen LogP contribution is -2.41. The van der Waals surface area contributed by atoms with E-state index in [9.17, 15) is 9.59 Å². The van der Waals surface area contributed by atoms with Crippen LogP contribution in [0.2, 0.25) is 0 Å². The fraction of sp³-hybridized carbons (Fsp3) is 0.441. The Bertz CT molecular complexity index is 1220. The van der Waals surface area contributed by atoms with Crippen molar-refractivity contribution in [1.29, 1.82) is 0 Å². The number of quaternary nitrogens is 1. The first-order valence-corrected chi connectivity index (χ1v) is 14.5. The Kier molecular flexibility index (Phi) is 11.4. The van der Waals surface area contributed by atoms with Crippen molar-refractivity contribution in [1.82, 2.24) is 0 Å². The van der Waals surface area contributed by atoms with Gasteiger partial charge in [0.25, 0.3) is 0 Å². The molecule has 2 aromatic carbocycles. The second kappa shape index (κ2) is 14.8. The van der Waals surface area contributed by atoms with Crippen LogP contribution in [0.1, 0.15) is 58.4 Å². The van der Waals surface area contributed by atoms with Crippen molar-refractivity contribution in [3.8, 4) is 0 Å². The molecule has 6 heteroatoms. The summed E-state index contributed by atoms with van der Waals surface area (Å²) in [5.74, 6) is -0.113. The highest BCUT2D eigenvalue weighted by molar-refractivity contribution is 5.93. The van der Waals surface area contributed by atoms with Gasteiger partial charge in [-0.05, 0) is 25.1 Å². The lowest BCUT2D eigenvalue weighted by Gasteiger charge is -2.30. The summed E-state index contributed by atoms with van der Waals surface area (Å²) < 4.78 is 8.38. The summed E-state index contributed by atoms with van der Waals surface area (Å²) in [5, 5.41) is 0. The van der Waals surface area contributed by atoms with E-state index in [1.165, 1.54) is 11.3 Å².